The van der Waals surface area contributed by atoms with Crippen LogP contribution in [-0.2, 0) is 4.79 Å². The number of primary amides is 1. The Morgan fingerprint density at radius 1 is 1.43 bits per heavy atom. The minimum absolute atomic E-state index is 0.0921. The van der Waals surface area contributed by atoms with Crippen molar-refractivity contribution in [2.45, 2.75) is 32.2 Å². The van der Waals surface area contributed by atoms with Crippen molar-refractivity contribution in [3.63, 3.8) is 0 Å². The molecule has 1 unspecified atom stereocenters. The van der Waals surface area contributed by atoms with Gasteiger partial charge < -0.3 is 16.2 Å². The third kappa shape index (κ3) is 6.72. The van der Waals surface area contributed by atoms with E-state index in [2.05, 4.69) is 5.32 Å². The van der Waals surface area contributed by atoms with Gasteiger partial charge >= 0.3 is 0 Å². The zero-order chi connectivity index (χ0) is 15.7. The maximum Gasteiger partial charge on any atom is 0.251 e. The van der Waals surface area contributed by atoms with Crippen LogP contribution in [0.2, 0.25) is 0 Å². The molecule has 1 aromatic carbocycles. The van der Waals surface area contributed by atoms with Crippen molar-refractivity contribution in [2.24, 2.45) is 5.73 Å². The number of amides is 2. The van der Waals surface area contributed by atoms with Gasteiger partial charge in [-0.25, -0.2) is 0 Å². The Labute approximate surface area is 124 Å². The fourth-order valence-corrected chi connectivity index (χ4v) is 1.75. The summed E-state index contributed by atoms with van der Waals surface area (Å²) in [5, 5.41) is 11.6. The van der Waals surface area contributed by atoms with E-state index in [1.807, 2.05) is 24.3 Å². The molecule has 0 aromatic heterocycles. The number of carbonyl (C=O) groups is 2. The van der Waals surface area contributed by atoms with Gasteiger partial charge in [-0.15, -0.1) is 0 Å². The Kier molecular flexibility index (Phi) is 7.18. The average molecular weight is 290 g/mol. The van der Waals surface area contributed by atoms with Crippen LogP contribution in [0.3, 0.4) is 0 Å². The average Bonchev–Trinajstić information content (AvgIpc) is 2.46. The van der Waals surface area contributed by atoms with E-state index in [-0.39, 0.29) is 24.5 Å². The smallest absolute Gasteiger partial charge is 0.251 e. The van der Waals surface area contributed by atoms with E-state index in [0.717, 1.165) is 18.4 Å². The van der Waals surface area contributed by atoms with E-state index < -0.39 is 0 Å². The minimum atomic E-state index is -0.292. The van der Waals surface area contributed by atoms with E-state index >= 15 is 0 Å². The van der Waals surface area contributed by atoms with Gasteiger partial charge in [0.15, 0.2) is 0 Å². The zero-order valence-electron chi connectivity index (χ0n) is 12.2. The summed E-state index contributed by atoms with van der Waals surface area (Å²) in [6, 6.07) is 6.94. The molecule has 0 heterocycles. The molecule has 0 fully saturated rings. The third-order valence-corrected chi connectivity index (χ3v) is 2.90. The molecule has 21 heavy (non-hydrogen) atoms. The number of hydrogen-bond donors (Lipinski definition) is 3. The first-order valence-electron chi connectivity index (χ1n) is 6.99. The number of aliphatic hydroxyl groups excluding tert-OH is 1. The van der Waals surface area contributed by atoms with Crippen LogP contribution in [0.4, 0.5) is 0 Å². The first-order chi connectivity index (χ1) is 10.0. The standard InChI is InChI=1S/C16H22N2O3/c1-12(11-19)18-16(21)14-8-5-7-13(10-14)6-3-2-4-9-15(17)20/h3,5-8,10,12,19H,2,4,9,11H2,1H3,(H2,17,20)(H,18,21)/b6-3-. The van der Waals surface area contributed by atoms with E-state index in [9.17, 15) is 9.59 Å². The lowest BCUT2D eigenvalue weighted by molar-refractivity contribution is -0.118. The van der Waals surface area contributed by atoms with Crippen molar-refractivity contribution >= 4 is 17.9 Å². The molecule has 0 aliphatic carbocycles. The van der Waals surface area contributed by atoms with Gasteiger partial charge in [-0.3, -0.25) is 9.59 Å². The lowest BCUT2D eigenvalue weighted by atomic mass is 10.1. The maximum absolute atomic E-state index is 11.9. The molecule has 0 radical (unpaired) electrons. The lowest BCUT2D eigenvalue weighted by Gasteiger charge is -2.10. The second-order valence-corrected chi connectivity index (χ2v) is 4.94. The SMILES string of the molecule is CC(CO)NC(=O)c1cccc(/C=C\CCCC(N)=O)c1. The largest absolute Gasteiger partial charge is 0.394 e. The van der Waals surface area contributed by atoms with E-state index in [1.165, 1.54) is 0 Å². The van der Waals surface area contributed by atoms with Crippen LogP contribution >= 0.6 is 0 Å². The van der Waals surface area contributed by atoms with Crippen LogP contribution in [0, 0.1) is 0 Å². The second-order valence-electron chi connectivity index (χ2n) is 4.94. The molecule has 4 N–H and O–H groups in total. The first kappa shape index (κ1) is 16.9. The summed E-state index contributed by atoms with van der Waals surface area (Å²) in [6.07, 6.45) is 5.73. The molecule has 0 spiro atoms. The van der Waals surface area contributed by atoms with E-state index in [0.29, 0.717) is 12.0 Å². The molecule has 0 saturated heterocycles. The Morgan fingerprint density at radius 2 is 2.19 bits per heavy atom. The highest BCUT2D eigenvalue weighted by Gasteiger charge is 2.08. The van der Waals surface area contributed by atoms with Crippen molar-refractivity contribution in [3.8, 4) is 0 Å². The van der Waals surface area contributed by atoms with Gasteiger partial charge in [-0.2, -0.15) is 0 Å². The highest BCUT2D eigenvalue weighted by atomic mass is 16.3. The van der Waals surface area contributed by atoms with E-state index in [1.54, 1.807) is 19.1 Å². The molecular formula is C16H22N2O3. The predicted molar refractivity (Wildman–Crippen MR) is 82.5 cm³/mol. The van der Waals surface area contributed by atoms with Crippen molar-refractivity contribution in [1.29, 1.82) is 0 Å². The molecule has 0 bridgehead atoms. The molecule has 114 valence electrons. The van der Waals surface area contributed by atoms with Crippen molar-refractivity contribution in [2.75, 3.05) is 6.61 Å². The molecule has 0 saturated carbocycles. The van der Waals surface area contributed by atoms with Gasteiger partial charge in [0.05, 0.1) is 6.61 Å². The predicted octanol–water partition coefficient (Wildman–Crippen LogP) is 1.47. The van der Waals surface area contributed by atoms with Gasteiger partial charge in [0.25, 0.3) is 5.91 Å². The summed E-state index contributed by atoms with van der Waals surface area (Å²) >= 11 is 0. The minimum Gasteiger partial charge on any atom is -0.394 e. The molecule has 1 aromatic rings. The fourth-order valence-electron chi connectivity index (χ4n) is 1.75. The zero-order valence-corrected chi connectivity index (χ0v) is 12.2. The van der Waals surface area contributed by atoms with Crippen molar-refractivity contribution in [1.82, 2.24) is 5.32 Å². The maximum atomic E-state index is 11.9. The normalized spacial score (nSPS) is 12.3. The van der Waals surface area contributed by atoms with Gasteiger partial charge in [-0.05, 0) is 37.5 Å². The first-order valence-corrected chi connectivity index (χ1v) is 6.99. The highest BCUT2D eigenvalue weighted by molar-refractivity contribution is 5.94. The Bertz CT molecular complexity index is 512. The summed E-state index contributed by atoms with van der Waals surface area (Å²) in [5.41, 5.74) is 6.53. The molecule has 5 nitrogen and oxygen atoms in total. The van der Waals surface area contributed by atoms with Gasteiger partial charge in [0.1, 0.15) is 0 Å². The Hall–Kier alpha value is -2.14. The summed E-state index contributed by atoms with van der Waals surface area (Å²) < 4.78 is 0. The van der Waals surface area contributed by atoms with Crippen LogP contribution in [0.1, 0.15) is 42.1 Å². The number of unbranched alkanes of at least 4 members (excludes halogenated alkanes) is 1. The molecule has 2 amide bonds. The van der Waals surface area contributed by atoms with Crippen LogP contribution < -0.4 is 11.1 Å². The number of nitrogens with two attached hydrogens (primary N) is 1. The number of nitrogens with one attached hydrogen (secondary N) is 1. The monoisotopic (exact) mass is 290 g/mol. The molecule has 0 aliphatic heterocycles. The summed E-state index contributed by atoms with van der Waals surface area (Å²) in [5.74, 6) is -0.499. The molecule has 1 rings (SSSR count). The topological polar surface area (TPSA) is 92.4 Å². The molecule has 1 atom stereocenters. The quantitative estimate of drug-likeness (QED) is 0.633. The summed E-state index contributed by atoms with van der Waals surface area (Å²) in [7, 11) is 0. The summed E-state index contributed by atoms with van der Waals surface area (Å²) in [4.78, 5) is 22.5. The molecular weight excluding hydrogens is 268 g/mol. The van der Waals surface area contributed by atoms with Gasteiger partial charge in [0, 0.05) is 18.0 Å². The fraction of sp³-hybridized carbons (Fsp3) is 0.375. The number of hydrogen-bond acceptors (Lipinski definition) is 3. The number of benzene rings is 1. The number of aliphatic hydroxyl groups is 1. The number of carbonyl (C=O) groups excluding carboxylic acids is 2. The second kappa shape index (κ2) is 8.92. The van der Waals surface area contributed by atoms with Crippen LogP contribution in [0.25, 0.3) is 6.08 Å². The Balaban J connectivity index is 2.57. The van der Waals surface area contributed by atoms with Crippen LogP contribution in [0.15, 0.2) is 30.3 Å². The van der Waals surface area contributed by atoms with Crippen molar-refractivity contribution < 1.29 is 14.7 Å². The summed E-state index contributed by atoms with van der Waals surface area (Å²) in [6.45, 7) is 1.64. The lowest BCUT2D eigenvalue weighted by Crippen LogP contribution is -2.34. The number of rotatable bonds is 8. The van der Waals surface area contributed by atoms with Crippen LogP contribution in [0.5, 0.6) is 0 Å². The highest BCUT2D eigenvalue weighted by Crippen LogP contribution is 2.09. The number of allylic oxidation sites excluding steroid dienone is 1. The van der Waals surface area contributed by atoms with Crippen LogP contribution in [-0.4, -0.2) is 29.6 Å². The van der Waals surface area contributed by atoms with Gasteiger partial charge in [-0.1, -0.05) is 24.3 Å². The van der Waals surface area contributed by atoms with Gasteiger partial charge in [0.2, 0.25) is 5.91 Å². The van der Waals surface area contributed by atoms with Crippen molar-refractivity contribution in [3.05, 3.63) is 41.5 Å². The third-order valence-electron chi connectivity index (χ3n) is 2.90. The Morgan fingerprint density at radius 3 is 2.86 bits per heavy atom. The van der Waals surface area contributed by atoms with E-state index in [4.69, 9.17) is 10.8 Å². The molecule has 5 heteroatoms. The molecule has 0 aliphatic rings.